The first-order chi connectivity index (χ1) is 14.9. The molecule has 3 aromatic carbocycles. The van der Waals surface area contributed by atoms with Gasteiger partial charge < -0.3 is 10.1 Å². The lowest BCUT2D eigenvalue weighted by Gasteiger charge is -2.19. The summed E-state index contributed by atoms with van der Waals surface area (Å²) in [4.78, 5) is 28.1. The van der Waals surface area contributed by atoms with Gasteiger partial charge in [-0.05, 0) is 60.9 Å². The molecule has 3 aromatic rings. The number of aryl methyl sites for hydroxylation is 2. The van der Waals surface area contributed by atoms with Gasteiger partial charge in [0.1, 0.15) is 17.3 Å². The molecule has 31 heavy (non-hydrogen) atoms. The van der Waals surface area contributed by atoms with Crippen LogP contribution in [0.15, 0.2) is 72.4 Å². The molecule has 6 heteroatoms. The first kappa shape index (κ1) is 20.3. The van der Waals surface area contributed by atoms with Crippen molar-refractivity contribution in [1.82, 2.24) is 0 Å². The molecule has 0 spiro atoms. The summed E-state index contributed by atoms with van der Waals surface area (Å²) in [6, 6.07) is 18.3. The van der Waals surface area contributed by atoms with Crippen LogP contribution < -0.4 is 15.0 Å². The molecule has 1 aliphatic heterocycles. The molecule has 0 aliphatic carbocycles. The number of nitrogens with zero attached hydrogens (tertiary/aromatic N) is 1. The van der Waals surface area contributed by atoms with Gasteiger partial charge in [0, 0.05) is 5.69 Å². The zero-order chi connectivity index (χ0) is 22.1. The van der Waals surface area contributed by atoms with Gasteiger partial charge in [-0.2, -0.15) is 0 Å². The van der Waals surface area contributed by atoms with Crippen molar-refractivity contribution in [2.45, 2.75) is 13.8 Å². The molecular weight excluding hydrogens is 395 g/mol. The number of methoxy groups -OCH3 is 1. The summed E-state index contributed by atoms with van der Waals surface area (Å²) < 4.78 is 18.9. The summed E-state index contributed by atoms with van der Waals surface area (Å²) in [5.74, 6) is -1.03. The molecule has 0 fully saturated rings. The minimum Gasteiger partial charge on any atom is -0.495 e. The highest BCUT2D eigenvalue weighted by Crippen LogP contribution is 2.38. The topological polar surface area (TPSA) is 58.6 Å². The van der Waals surface area contributed by atoms with Crippen LogP contribution in [0.25, 0.3) is 5.57 Å². The molecule has 0 unspecified atom stereocenters. The second-order valence-corrected chi connectivity index (χ2v) is 7.32. The molecule has 2 amide bonds. The molecule has 0 saturated carbocycles. The molecule has 1 aliphatic rings. The van der Waals surface area contributed by atoms with E-state index in [1.165, 1.54) is 31.4 Å². The number of nitrogens with one attached hydrogen (secondary N) is 1. The van der Waals surface area contributed by atoms with E-state index < -0.39 is 17.6 Å². The number of ether oxygens (including phenoxy) is 1. The lowest BCUT2D eigenvalue weighted by molar-refractivity contribution is -0.120. The van der Waals surface area contributed by atoms with E-state index in [0.717, 1.165) is 16.0 Å². The second kappa shape index (κ2) is 8.07. The van der Waals surface area contributed by atoms with Crippen molar-refractivity contribution in [2.24, 2.45) is 0 Å². The first-order valence-corrected chi connectivity index (χ1v) is 9.77. The van der Waals surface area contributed by atoms with E-state index in [4.69, 9.17) is 4.74 Å². The Hall–Kier alpha value is -3.93. The predicted molar refractivity (Wildman–Crippen MR) is 118 cm³/mol. The van der Waals surface area contributed by atoms with Gasteiger partial charge in [-0.3, -0.25) is 9.59 Å². The van der Waals surface area contributed by atoms with Gasteiger partial charge in [-0.1, -0.05) is 36.4 Å². The molecule has 0 radical (unpaired) electrons. The highest BCUT2D eigenvalue weighted by atomic mass is 19.1. The first-order valence-electron chi connectivity index (χ1n) is 9.77. The maximum Gasteiger partial charge on any atom is 0.282 e. The number of carbonyl (C=O) groups is 2. The highest BCUT2D eigenvalue weighted by molar-refractivity contribution is 6.46. The fourth-order valence-corrected chi connectivity index (χ4v) is 3.57. The molecule has 4 rings (SSSR count). The normalized spacial score (nSPS) is 13.7. The van der Waals surface area contributed by atoms with E-state index in [0.29, 0.717) is 22.7 Å². The largest absolute Gasteiger partial charge is 0.495 e. The highest BCUT2D eigenvalue weighted by Gasteiger charge is 2.41. The zero-order valence-electron chi connectivity index (χ0n) is 17.4. The standard InChI is InChI=1S/C25H21FN2O3/c1-15-8-13-21(31-3)20(14-15)28-24(29)22(17-9-11-18(26)12-10-17)23(25(28)30)27-19-7-5-4-6-16(19)2/h4-14,27H,1-3H3. The molecule has 1 heterocycles. The molecule has 0 saturated heterocycles. The summed E-state index contributed by atoms with van der Waals surface area (Å²) in [6.45, 7) is 3.78. The predicted octanol–water partition coefficient (Wildman–Crippen LogP) is 4.85. The second-order valence-electron chi connectivity index (χ2n) is 7.32. The molecule has 1 N–H and O–H groups in total. The van der Waals surface area contributed by atoms with Crippen LogP contribution in [0.3, 0.4) is 0 Å². The van der Waals surface area contributed by atoms with Crippen LogP contribution in [-0.4, -0.2) is 18.9 Å². The molecule has 156 valence electrons. The average molecular weight is 416 g/mol. The van der Waals surface area contributed by atoms with Crippen LogP contribution in [0.1, 0.15) is 16.7 Å². The van der Waals surface area contributed by atoms with E-state index in [1.54, 1.807) is 12.1 Å². The Morgan fingerprint density at radius 2 is 1.61 bits per heavy atom. The lowest BCUT2D eigenvalue weighted by atomic mass is 10.0. The fraction of sp³-hybridized carbons (Fsp3) is 0.120. The third-order valence-corrected chi connectivity index (χ3v) is 5.20. The number of benzene rings is 3. The van der Waals surface area contributed by atoms with E-state index in [1.807, 2.05) is 44.2 Å². The number of carbonyl (C=O) groups excluding carboxylic acids is 2. The minimum absolute atomic E-state index is 0.134. The van der Waals surface area contributed by atoms with E-state index in [2.05, 4.69) is 5.32 Å². The number of hydrogen-bond donors (Lipinski definition) is 1. The number of amides is 2. The fourth-order valence-electron chi connectivity index (χ4n) is 3.57. The van der Waals surface area contributed by atoms with Gasteiger partial charge in [0.25, 0.3) is 11.8 Å². The number of hydrogen-bond acceptors (Lipinski definition) is 4. The van der Waals surface area contributed by atoms with Crippen molar-refractivity contribution >= 4 is 28.8 Å². The molecule has 0 bridgehead atoms. The third kappa shape index (κ3) is 3.68. The zero-order valence-corrected chi connectivity index (χ0v) is 17.4. The third-order valence-electron chi connectivity index (χ3n) is 5.20. The quantitative estimate of drug-likeness (QED) is 0.604. The molecule has 0 atom stereocenters. The number of rotatable bonds is 5. The van der Waals surface area contributed by atoms with Gasteiger partial charge in [0.15, 0.2) is 0 Å². The van der Waals surface area contributed by atoms with Crippen molar-refractivity contribution < 1.29 is 18.7 Å². The van der Waals surface area contributed by atoms with Gasteiger partial charge in [-0.15, -0.1) is 0 Å². The Balaban J connectivity index is 1.87. The Bertz CT molecular complexity index is 1220. The van der Waals surface area contributed by atoms with Crippen molar-refractivity contribution in [3.8, 4) is 5.75 Å². The van der Waals surface area contributed by atoms with E-state index in [-0.39, 0.29) is 11.3 Å². The van der Waals surface area contributed by atoms with Crippen LogP contribution >= 0.6 is 0 Å². The maximum absolute atomic E-state index is 13.5. The number of anilines is 2. The van der Waals surface area contributed by atoms with Crippen molar-refractivity contribution in [3.63, 3.8) is 0 Å². The van der Waals surface area contributed by atoms with Crippen LogP contribution in [-0.2, 0) is 9.59 Å². The Labute approximate surface area is 179 Å². The molecular formula is C25H21FN2O3. The van der Waals surface area contributed by atoms with Crippen LogP contribution in [0.4, 0.5) is 15.8 Å². The Morgan fingerprint density at radius 1 is 0.903 bits per heavy atom. The van der Waals surface area contributed by atoms with Crippen LogP contribution in [0.2, 0.25) is 0 Å². The van der Waals surface area contributed by atoms with Gasteiger partial charge in [-0.25, -0.2) is 9.29 Å². The van der Waals surface area contributed by atoms with E-state index >= 15 is 0 Å². The van der Waals surface area contributed by atoms with Crippen LogP contribution in [0, 0.1) is 19.7 Å². The van der Waals surface area contributed by atoms with Crippen molar-refractivity contribution in [2.75, 3.05) is 17.3 Å². The van der Waals surface area contributed by atoms with Gasteiger partial charge >= 0.3 is 0 Å². The maximum atomic E-state index is 13.5. The van der Waals surface area contributed by atoms with Gasteiger partial charge in [0.2, 0.25) is 0 Å². The summed E-state index contributed by atoms with van der Waals surface area (Å²) in [5.41, 5.74) is 3.62. The summed E-state index contributed by atoms with van der Waals surface area (Å²) >= 11 is 0. The summed E-state index contributed by atoms with van der Waals surface area (Å²) in [6.07, 6.45) is 0. The summed E-state index contributed by atoms with van der Waals surface area (Å²) in [7, 11) is 1.49. The number of para-hydroxylation sites is 1. The number of imide groups is 1. The van der Waals surface area contributed by atoms with Crippen LogP contribution in [0.5, 0.6) is 5.75 Å². The monoisotopic (exact) mass is 416 g/mol. The molecule has 5 nitrogen and oxygen atoms in total. The number of halogens is 1. The average Bonchev–Trinajstić information content (AvgIpc) is 3.00. The Morgan fingerprint density at radius 3 is 2.29 bits per heavy atom. The molecule has 0 aromatic heterocycles. The van der Waals surface area contributed by atoms with E-state index in [9.17, 15) is 14.0 Å². The SMILES string of the molecule is COc1ccc(C)cc1N1C(=O)C(Nc2ccccc2C)=C(c2ccc(F)cc2)C1=O. The van der Waals surface area contributed by atoms with Gasteiger partial charge in [0.05, 0.1) is 18.4 Å². The van der Waals surface area contributed by atoms with Crippen molar-refractivity contribution in [3.05, 3.63) is 94.9 Å². The van der Waals surface area contributed by atoms with Crippen molar-refractivity contribution in [1.29, 1.82) is 0 Å². The Kier molecular flexibility index (Phi) is 5.29. The minimum atomic E-state index is -0.503. The summed E-state index contributed by atoms with van der Waals surface area (Å²) in [5, 5.41) is 3.14. The lowest BCUT2D eigenvalue weighted by Crippen LogP contribution is -2.32. The smallest absolute Gasteiger partial charge is 0.282 e.